The van der Waals surface area contributed by atoms with E-state index in [0.717, 1.165) is 0 Å². The highest BCUT2D eigenvalue weighted by molar-refractivity contribution is 7.89. The van der Waals surface area contributed by atoms with Gasteiger partial charge in [0, 0.05) is 18.3 Å². The van der Waals surface area contributed by atoms with Gasteiger partial charge in [0.1, 0.15) is 12.4 Å². The van der Waals surface area contributed by atoms with Crippen LogP contribution < -0.4 is 14.4 Å². The Kier molecular flexibility index (Phi) is 5.55. The third-order valence-corrected chi connectivity index (χ3v) is 5.49. The molecule has 0 bridgehead atoms. The molecule has 1 amide bonds. The van der Waals surface area contributed by atoms with Crippen molar-refractivity contribution in [3.05, 3.63) is 54.6 Å². The van der Waals surface area contributed by atoms with Crippen molar-refractivity contribution in [1.29, 1.82) is 0 Å². The summed E-state index contributed by atoms with van der Waals surface area (Å²) < 4.78 is 37.8. The van der Waals surface area contributed by atoms with Crippen LogP contribution in [0.2, 0.25) is 0 Å². The van der Waals surface area contributed by atoms with Crippen LogP contribution in [0.15, 0.2) is 59.5 Å². The molecule has 8 heteroatoms. The minimum absolute atomic E-state index is 0.0744. The third kappa shape index (κ3) is 4.21. The van der Waals surface area contributed by atoms with Crippen LogP contribution in [0.3, 0.4) is 0 Å². The number of morpholine rings is 1. The van der Waals surface area contributed by atoms with E-state index < -0.39 is 16.1 Å². The second-order valence-corrected chi connectivity index (χ2v) is 7.57. The summed E-state index contributed by atoms with van der Waals surface area (Å²) >= 11 is 0. The quantitative estimate of drug-likeness (QED) is 0.824. The fourth-order valence-corrected chi connectivity index (χ4v) is 3.75. The molecule has 1 aliphatic heterocycles. The van der Waals surface area contributed by atoms with E-state index in [9.17, 15) is 13.2 Å². The molecule has 0 saturated carbocycles. The van der Waals surface area contributed by atoms with Crippen molar-refractivity contribution in [1.82, 2.24) is 4.72 Å². The van der Waals surface area contributed by atoms with Crippen LogP contribution in [0, 0.1) is 0 Å². The molecule has 1 saturated heterocycles. The van der Waals surface area contributed by atoms with Crippen LogP contribution in [0.4, 0.5) is 5.69 Å². The Hall–Kier alpha value is -2.42. The Labute approximate surface area is 152 Å². The van der Waals surface area contributed by atoms with Crippen molar-refractivity contribution >= 4 is 21.6 Å². The molecule has 1 atom stereocenters. The predicted molar refractivity (Wildman–Crippen MR) is 96.7 cm³/mol. The monoisotopic (exact) mass is 376 g/mol. The first-order chi connectivity index (χ1) is 12.5. The summed E-state index contributed by atoms with van der Waals surface area (Å²) in [6.45, 7) is 0.225. The van der Waals surface area contributed by atoms with Gasteiger partial charge in [-0.15, -0.1) is 0 Å². The number of carbonyl (C=O) groups excluding carboxylic acids is 1. The van der Waals surface area contributed by atoms with E-state index >= 15 is 0 Å². The Bertz CT molecular complexity index is 870. The van der Waals surface area contributed by atoms with Gasteiger partial charge in [-0.05, 0) is 24.3 Å². The number of nitrogens with one attached hydrogen (secondary N) is 1. The van der Waals surface area contributed by atoms with Gasteiger partial charge in [0.05, 0.1) is 24.7 Å². The van der Waals surface area contributed by atoms with Crippen molar-refractivity contribution in [3.63, 3.8) is 0 Å². The zero-order valence-electron chi connectivity index (χ0n) is 14.3. The fraction of sp³-hybridized carbons (Fsp3) is 0.278. The molecule has 3 rings (SSSR count). The summed E-state index contributed by atoms with van der Waals surface area (Å²) in [5, 5.41) is 0. The first-order valence-corrected chi connectivity index (χ1v) is 9.58. The Morgan fingerprint density at radius 2 is 1.96 bits per heavy atom. The predicted octanol–water partition coefficient (Wildman–Crippen LogP) is 1.41. The number of carbonyl (C=O) groups is 1. The van der Waals surface area contributed by atoms with Crippen molar-refractivity contribution < 1.29 is 22.7 Å². The van der Waals surface area contributed by atoms with Crippen LogP contribution in [-0.4, -0.2) is 47.2 Å². The van der Waals surface area contributed by atoms with E-state index in [1.165, 1.54) is 12.1 Å². The fourth-order valence-electron chi connectivity index (χ4n) is 2.66. The molecule has 1 N–H and O–H groups in total. The van der Waals surface area contributed by atoms with E-state index in [1.54, 1.807) is 54.5 Å². The number of hydrogen-bond donors (Lipinski definition) is 1. The van der Waals surface area contributed by atoms with Gasteiger partial charge >= 0.3 is 0 Å². The Morgan fingerprint density at radius 3 is 2.69 bits per heavy atom. The first kappa shape index (κ1) is 18.4. The number of sulfonamides is 1. The van der Waals surface area contributed by atoms with E-state index in [1.807, 2.05) is 0 Å². The second kappa shape index (κ2) is 7.86. The number of nitrogens with zero attached hydrogens (tertiary/aromatic N) is 1. The van der Waals surface area contributed by atoms with Crippen LogP contribution in [0.5, 0.6) is 5.75 Å². The lowest BCUT2D eigenvalue weighted by Gasteiger charge is -2.33. The SMILES string of the molecule is COc1cccc(N2CC(CNS(=O)(=O)c3ccccc3)OCC2=O)c1. The van der Waals surface area contributed by atoms with E-state index in [4.69, 9.17) is 9.47 Å². The van der Waals surface area contributed by atoms with E-state index in [2.05, 4.69) is 4.72 Å². The molecule has 0 radical (unpaired) electrons. The van der Waals surface area contributed by atoms with Crippen molar-refractivity contribution in [2.45, 2.75) is 11.0 Å². The van der Waals surface area contributed by atoms with Gasteiger partial charge in [-0.2, -0.15) is 0 Å². The maximum Gasteiger partial charge on any atom is 0.253 e. The number of ether oxygens (including phenoxy) is 2. The van der Waals surface area contributed by atoms with Gasteiger partial charge < -0.3 is 14.4 Å². The van der Waals surface area contributed by atoms with Gasteiger partial charge in [-0.1, -0.05) is 24.3 Å². The molecular weight excluding hydrogens is 356 g/mol. The molecule has 2 aromatic rings. The molecular formula is C18H20N2O5S. The molecule has 0 spiro atoms. The number of benzene rings is 2. The van der Waals surface area contributed by atoms with Crippen LogP contribution >= 0.6 is 0 Å². The highest BCUT2D eigenvalue weighted by Gasteiger charge is 2.28. The molecule has 1 fully saturated rings. The number of methoxy groups -OCH3 is 1. The zero-order valence-corrected chi connectivity index (χ0v) is 15.1. The number of amides is 1. The summed E-state index contributed by atoms with van der Waals surface area (Å²) in [5.41, 5.74) is 0.688. The smallest absolute Gasteiger partial charge is 0.253 e. The summed E-state index contributed by atoms with van der Waals surface area (Å²) in [7, 11) is -2.06. The standard InChI is InChI=1S/C18H20N2O5S/c1-24-15-7-5-6-14(10-15)20-12-16(25-13-18(20)21)11-19-26(22,23)17-8-3-2-4-9-17/h2-10,16,19H,11-13H2,1H3. The molecule has 138 valence electrons. The molecule has 1 unspecified atom stereocenters. The van der Waals surface area contributed by atoms with Gasteiger partial charge in [-0.25, -0.2) is 13.1 Å². The molecule has 1 aliphatic rings. The van der Waals surface area contributed by atoms with Gasteiger partial charge in [-0.3, -0.25) is 4.79 Å². The average molecular weight is 376 g/mol. The Balaban J connectivity index is 1.67. The maximum absolute atomic E-state index is 12.3. The molecule has 0 aliphatic carbocycles. The number of hydrogen-bond acceptors (Lipinski definition) is 5. The summed E-state index contributed by atoms with van der Waals surface area (Å²) in [6, 6.07) is 15.3. The molecule has 0 aromatic heterocycles. The second-order valence-electron chi connectivity index (χ2n) is 5.80. The van der Waals surface area contributed by atoms with E-state index in [-0.39, 0.29) is 30.5 Å². The maximum atomic E-state index is 12.3. The number of anilines is 1. The zero-order chi connectivity index (χ0) is 18.6. The molecule has 7 nitrogen and oxygen atoms in total. The first-order valence-electron chi connectivity index (χ1n) is 8.10. The van der Waals surface area contributed by atoms with Crippen molar-refractivity contribution in [2.24, 2.45) is 0 Å². The van der Waals surface area contributed by atoms with Crippen LogP contribution in [0.25, 0.3) is 0 Å². The lowest BCUT2D eigenvalue weighted by Crippen LogP contribution is -2.50. The largest absolute Gasteiger partial charge is 0.497 e. The summed E-state index contributed by atoms with van der Waals surface area (Å²) in [5.74, 6) is 0.462. The minimum Gasteiger partial charge on any atom is -0.497 e. The lowest BCUT2D eigenvalue weighted by atomic mass is 10.2. The van der Waals surface area contributed by atoms with Gasteiger partial charge in [0.15, 0.2) is 0 Å². The highest BCUT2D eigenvalue weighted by atomic mass is 32.2. The Morgan fingerprint density at radius 1 is 1.19 bits per heavy atom. The number of rotatable bonds is 6. The van der Waals surface area contributed by atoms with Crippen LogP contribution in [-0.2, 0) is 19.6 Å². The average Bonchev–Trinajstić information content (AvgIpc) is 2.68. The summed E-state index contributed by atoms with van der Waals surface area (Å²) in [4.78, 5) is 14.0. The normalized spacial score (nSPS) is 18.0. The van der Waals surface area contributed by atoms with E-state index in [0.29, 0.717) is 11.4 Å². The molecule has 2 aromatic carbocycles. The highest BCUT2D eigenvalue weighted by Crippen LogP contribution is 2.23. The van der Waals surface area contributed by atoms with Crippen LogP contribution in [0.1, 0.15) is 0 Å². The summed E-state index contributed by atoms with van der Waals surface area (Å²) in [6.07, 6.45) is -0.447. The van der Waals surface area contributed by atoms with Gasteiger partial charge in [0.25, 0.3) is 5.91 Å². The van der Waals surface area contributed by atoms with Crippen molar-refractivity contribution in [2.75, 3.05) is 31.7 Å². The molecule has 26 heavy (non-hydrogen) atoms. The minimum atomic E-state index is -3.62. The van der Waals surface area contributed by atoms with Crippen molar-refractivity contribution in [3.8, 4) is 5.75 Å². The van der Waals surface area contributed by atoms with Gasteiger partial charge in [0.2, 0.25) is 10.0 Å². The topological polar surface area (TPSA) is 84.9 Å². The molecule has 1 heterocycles. The third-order valence-electron chi connectivity index (χ3n) is 4.05. The lowest BCUT2D eigenvalue weighted by molar-refractivity contribution is -0.129.